The predicted octanol–water partition coefficient (Wildman–Crippen LogP) is 15.5. The smallest absolute Gasteiger partial charge is 0.0714 e. The molecule has 0 bridgehead atoms. The first-order chi connectivity index (χ1) is 28.6. The van der Waals surface area contributed by atoms with Crippen LogP contribution in [0, 0.1) is 0 Å². The fourth-order valence-corrected chi connectivity index (χ4v) is 11.2. The van der Waals surface area contributed by atoms with Gasteiger partial charge in [0.1, 0.15) is 0 Å². The van der Waals surface area contributed by atoms with Gasteiger partial charge in [0.2, 0.25) is 0 Å². The van der Waals surface area contributed by atoms with Crippen LogP contribution in [0.25, 0.3) is 22.3 Å². The Morgan fingerprint density at radius 3 is 1.78 bits per heavy atom. The number of rotatable bonds is 7. The van der Waals surface area contributed by atoms with Crippen molar-refractivity contribution < 1.29 is 0 Å². The Hall–Kier alpha value is -5.66. The Morgan fingerprint density at radius 1 is 0.492 bits per heavy atom. The van der Waals surface area contributed by atoms with Crippen molar-refractivity contribution in [3.63, 3.8) is 0 Å². The highest BCUT2D eigenvalue weighted by atomic mass is 15.2. The standard InChI is InChI=1S/C58H57N/c1-39(2)45-32-30-40-20-16-17-27-46(40)55(45)59(44-25-14-9-15-26-44)54-38-52-49(37-48(54)41-31-33-51-53(36-41)57(5,6)35-34-56(51,3)4)47-28-18-19-29-50(47)58(52,42-21-10-7-11-22-42)43-23-12-8-13-24-43/h7-15,18-19,21-26,28-33,36-39H,16-17,20,27,34-35H2,1-6H3. The third-order valence-electron chi connectivity index (χ3n) is 14.4. The molecular formula is C58H57N. The third kappa shape index (κ3) is 5.95. The highest BCUT2D eigenvalue weighted by Crippen LogP contribution is 2.60. The molecule has 0 heterocycles. The van der Waals surface area contributed by atoms with E-state index in [-0.39, 0.29) is 10.8 Å². The van der Waals surface area contributed by atoms with Gasteiger partial charge in [-0.05, 0) is 146 Å². The summed E-state index contributed by atoms with van der Waals surface area (Å²) < 4.78 is 0. The number of hydrogen-bond acceptors (Lipinski definition) is 1. The highest BCUT2D eigenvalue weighted by molar-refractivity contribution is 5.97. The molecular weight excluding hydrogens is 711 g/mol. The van der Waals surface area contributed by atoms with E-state index >= 15 is 0 Å². The summed E-state index contributed by atoms with van der Waals surface area (Å²) >= 11 is 0. The summed E-state index contributed by atoms with van der Waals surface area (Å²) in [6.45, 7) is 14.5. The molecule has 0 radical (unpaired) electrons. The van der Waals surface area contributed by atoms with Crippen LogP contribution in [0.1, 0.15) is 123 Å². The van der Waals surface area contributed by atoms with Gasteiger partial charge in [0.15, 0.2) is 0 Å². The Balaban J connectivity index is 1.37. The normalized spacial score (nSPS) is 16.8. The summed E-state index contributed by atoms with van der Waals surface area (Å²) in [4.78, 5) is 2.69. The van der Waals surface area contributed by atoms with Gasteiger partial charge in [-0.15, -0.1) is 0 Å². The molecule has 0 aromatic heterocycles. The van der Waals surface area contributed by atoms with Crippen LogP contribution in [0.5, 0.6) is 0 Å². The SMILES string of the molecule is CC(C)c1ccc2c(c1N(c1ccccc1)c1cc3c(cc1-c1ccc4c(c1)C(C)(C)CCC4(C)C)-c1ccccc1C3(c1ccccc1)c1ccccc1)CCCC2. The molecule has 294 valence electrons. The molecule has 3 aliphatic carbocycles. The monoisotopic (exact) mass is 767 g/mol. The summed E-state index contributed by atoms with van der Waals surface area (Å²) in [5, 5.41) is 0. The molecule has 0 N–H and O–H groups in total. The number of hydrogen-bond donors (Lipinski definition) is 0. The van der Waals surface area contributed by atoms with Crippen LogP contribution < -0.4 is 4.90 Å². The van der Waals surface area contributed by atoms with Crippen molar-refractivity contribution in [3.8, 4) is 22.3 Å². The van der Waals surface area contributed by atoms with E-state index in [0.29, 0.717) is 5.92 Å². The first-order valence-electron chi connectivity index (χ1n) is 22.1. The van der Waals surface area contributed by atoms with E-state index in [1.54, 1.807) is 0 Å². The minimum Gasteiger partial charge on any atom is -0.309 e. The number of para-hydroxylation sites is 1. The Bertz CT molecular complexity index is 2640. The fourth-order valence-electron chi connectivity index (χ4n) is 11.2. The van der Waals surface area contributed by atoms with Gasteiger partial charge in [-0.25, -0.2) is 0 Å². The highest BCUT2D eigenvalue weighted by Gasteiger charge is 2.47. The van der Waals surface area contributed by atoms with Crippen LogP contribution in [0.15, 0.2) is 158 Å². The first kappa shape index (κ1) is 37.6. The van der Waals surface area contributed by atoms with Crippen LogP contribution in [0.3, 0.4) is 0 Å². The van der Waals surface area contributed by atoms with Gasteiger partial charge in [-0.1, -0.05) is 175 Å². The molecule has 0 spiro atoms. The summed E-state index contributed by atoms with van der Waals surface area (Å²) in [6, 6.07) is 60.6. The number of benzene rings is 7. The van der Waals surface area contributed by atoms with E-state index < -0.39 is 5.41 Å². The second-order valence-electron chi connectivity index (χ2n) is 19.1. The maximum atomic E-state index is 2.69. The number of anilines is 3. The second kappa shape index (κ2) is 14.3. The summed E-state index contributed by atoms with van der Waals surface area (Å²) in [6.07, 6.45) is 7.09. The van der Waals surface area contributed by atoms with Crippen molar-refractivity contribution in [2.24, 2.45) is 0 Å². The lowest BCUT2D eigenvalue weighted by molar-refractivity contribution is 0.332. The molecule has 7 aromatic rings. The molecule has 0 amide bonds. The molecule has 7 aromatic carbocycles. The van der Waals surface area contributed by atoms with Crippen molar-refractivity contribution in [3.05, 3.63) is 208 Å². The minimum atomic E-state index is -0.511. The molecule has 0 fully saturated rings. The number of nitrogens with zero attached hydrogens (tertiary/aromatic N) is 1. The molecule has 59 heavy (non-hydrogen) atoms. The molecule has 0 aliphatic heterocycles. The van der Waals surface area contributed by atoms with Crippen LogP contribution in [0.4, 0.5) is 17.1 Å². The molecule has 0 unspecified atom stereocenters. The van der Waals surface area contributed by atoms with Crippen molar-refractivity contribution in [1.29, 1.82) is 0 Å². The average molecular weight is 768 g/mol. The maximum absolute atomic E-state index is 2.69. The van der Waals surface area contributed by atoms with E-state index in [9.17, 15) is 0 Å². The topological polar surface area (TPSA) is 3.24 Å². The van der Waals surface area contributed by atoms with E-state index in [4.69, 9.17) is 0 Å². The van der Waals surface area contributed by atoms with Crippen molar-refractivity contribution in [2.45, 2.75) is 102 Å². The lowest BCUT2D eigenvalue weighted by Crippen LogP contribution is -2.33. The number of fused-ring (bicyclic) bond motifs is 5. The van der Waals surface area contributed by atoms with E-state index in [1.165, 1.54) is 115 Å². The summed E-state index contributed by atoms with van der Waals surface area (Å²) in [7, 11) is 0. The summed E-state index contributed by atoms with van der Waals surface area (Å²) in [5.41, 5.74) is 21.4. The number of aryl methyl sites for hydroxylation is 1. The van der Waals surface area contributed by atoms with Gasteiger partial charge in [-0.3, -0.25) is 0 Å². The molecule has 0 atom stereocenters. The molecule has 3 aliphatic rings. The average Bonchev–Trinajstić information content (AvgIpc) is 3.56. The van der Waals surface area contributed by atoms with Crippen LogP contribution >= 0.6 is 0 Å². The van der Waals surface area contributed by atoms with E-state index in [2.05, 4.69) is 204 Å². The van der Waals surface area contributed by atoms with Crippen molar-refractivity contribution >= 4 is 17.1 Å². The minimum absolute atomic E-state index is 0.0859. The zero-order chi connectivity index (χ0) is 40.5. The maximum Gasteiger partial charge on any atom is 0.0714 e. The van der Waals surface area contributed by atoms with Gasteiger partial charge in [0, 0.05) is 11.3 Å². The Kier molecular flexibility index (Phi) is 9.09. The van der Waals surface area contributed by atoms with Gasteiger partial charge in [0.05, 0.1) is 16.8 Å². The van der Waals surface area contributed by atoms with Crippen LogP contribution in [0.2, 0.25) is 0 Å². The van der Waals surface area contributed by atoms with Gasteiger partial charge < -0.3 is 4.90 Å². The largest absolute Gasteiger partial charge is 0.309 e. The first-order valence-corrected chi connectivity index (χ1v) is 22.1. The third-order valence-corrected chi connectivity index (χ3v) is 14.4. The molecule has 0 saturated heterocycles. The lowest BCUT2D eigenvalue weighted by atomic mass is 9.63. The van der Waals surface area contributed by atoms with Gasteiger partial charge in [0.25, 0.3) is 0 Å². The molecule has 1 nitrogen and oxygen atoms in total. The van der Waals surface area contributed by atoms with Crippen LogP contribution in [-0.2, 0) is 29.1 Å². The zero-order valence-corrected chi connectivity index (χ0v) is 35.8. The molecule has 10 rings (SSSR count). The molecule has 0 saturated carbocycles. The summed E-state index contributed by atoms with van der Waals surface area (Å²) in [5.74, 6) is 0.352. The van der Waals surface area contributed by atoms with Gasteiger partial charge in [-0.2, -0.15) is 0 Å². The molecule has 1 heteroatoms. The fraction of sp³-hybridized carbons (Fsp3) is 0.276. The van der Waals surface area contributed by atoms with Crippen molar-refractivity contribution in [2.75, 3.05) is 4.90 Å². The Labute approximate surface area is 352 Å². The van der Waals surface area contributed by atoms with E-state index in [0.717, 1.165) is 12.8 Å². The second-order valence-corrected chi connectivity index (χ2v) is 19.1. The predicted molar refractivity (Wildman–Crippen MR) is 250 cm³/mol. The Morgan fingerprint density at radius 2 is 1.10 bits per heavy atom. The van der Waals surface area contributed by atoms with Crippen LogP contribution in [-0.4, -0.2) is 0 Å². The van der Waals surface area contributed by atoms with Crippen molar-refractivity contribution in [1.82, 2.24) is 0 Å². The zero-order valence-electron chi connectivity index (χ0n) is 35.8. The lowest BCUT2D eigenvalue weighted by Gasteiger charge is -2.42. The van der Waals surface area contributed by atoms with E-state index in [1.807, 2.05) is 0 Å². The van der Waals surface area contributed by atoms with Gasteiger partial charge >= 0.3 is 0 Å². The quantitative estimate of drug-likeness (QED) is 0.156.